The van der Waals surface area contributed by atoms with Crippen molar-refractivity contribution in [2.75, 3.05) is 6.54 Å². The molecule has 106 valence electrons. The molecular formula is C15H14F3NO. The molecule has 1 N–H and O–H groups in total. The Morgan fingerprint density at radius 2 is 2.05 bits per heavy atom. The summed E-state index contributed by atoms with van der Waals surface area (Å²) in [5.74, 6) is 0. The van der Waals surface area contributed by atoms with Gasteiger partial charge in [0.25, 0.3) is 0 Å². The molecule has 5 heteroatoms. The Labute approximate surface area is 114 Å². The van der Waals surface area contributed by atoms with Crippen LogP contribution in [0.5, 0.6) is 0 Å². The SMILES string of the molecule is CC1CC(c2ccc(C(F)(F)F)c3ccoc23)=CCN1. The second kappa shape index (κ2) is 4.66. The Balaban J connectivity index is 2.15. The van der Waals surface area contributed by atoms with E-state index in [0.717, 1.165) is 30.2 Å². The van der Waals surface area contributed by atoms with Crippen LogP contribution in [-0.4, -0.2) is 12.6 Å². The van der Waals surface area contributed by atoms with Gasteiger partial charge in [-0.3, -0.25) is 0 Å². The molecule has 0 radical (unpaired) electrons. The van der Waals surface area contributed by atoms with Gasteiger partial charge in [-0.25, -0.2) is 0 Å². The summed E-state index contributed by atoms with van der Waals surface area (Å²) >= 11 is 0. The highest BCUT2D eigenvalue weighted by Gasteiger charge is 2.34. The zero-order valence-electron chi connectivity index (χ0n) is 10.9. The van der Waals surface area contributed by atoms with Crippen molar-refractivity contribution in [1.29, 1.82) is 0 Å². The fraction of sp³-hybridized carbons (Fsp3) is 0.333. The Morgan fingerprint density at radius 3 is 2.75 bits per heavy atom. The molecule has 0 bridgehead atoms. The number of hydrogen-bond donors (Lipinski definition) is 1. The summed E-state index contributed by atoms with van der Waals surface area (Å²) < 4.78 is 44.2. The van der Waals surface area contributed by atoms with Crippen LogP contribution in [-0.2, 0) is 6.18 Å². The molecule has 1 unspecified atom stereocenters. The first-order valence-corrected chi connectivity index (χ1v) is 6.47. The zero-order chi connectivity index (χ0) is 14.3. The summed E-state index contributed by atoms with van der Waals surface area (Å²) in [6.45, 7) is 2.77. The van der Waals surface area contributed by atoms with E-state index in [1.54, 1.807) is 0 Å². The number of fused-ring (bicyclic) bond motifs is 1. The molecule has 1 aromatic carbocycles. The molecule has 20 heavy (non-hydrogen) atoms. The summed E-state index contributed by atoms with van der Waals surface area (Å²) in [6, 6.07) is 4.34. The number of furan rings is 1. The third kappa shape index (κ3) is 2.22. The number of benzene rings is 1. The highest BCUT2D eigenvalue weighted by molar-refractivity contribution is 5.92. The average molecular weight is 281 g/mol. The van der Waals surface area contributed by atoms with Crippen LogP contribution >= 0.6 is 0 Å². The number of alkyl halides is 3. The molecule has 1 aliphatic heterocycles. The van der Waals surface area contributed by atoms with Gasteiger partial charge in [0.1, 0.15) is 5.58 Å². The number of rotatable bonds is 1. The third-order valence-electron chi connectivity index (χ3n) is 3.61. The van der Waals surface area contributed by atoms with Gasteiger partial charge >= 0.3 is 6.18 Å². The van der Waals surface area contributed by atoms with E-state index in [1.165, 1.54) is 18.4 Å². The molecule has 2 nitrogen and oxygen atoms in total. The lowest BCUT2D eigenvalue weighted by Gasteiger charge is -2.21. The highest BCUT2D eigenvalue weighted by atomic mass is 19.4. The monoisotopic (exact) mass is 281 g/mol. The summed E-state index contributed by atoms with van der Waals surface area (Å²) in [5, 5.41) is 3.40. The minimum absolute atomic E-state index is 0.127. The highest BCUT2D eigenvalue weighted by Crippen LogP contribution is 2.39. The van der Waals surface area contributed by atoms with Crippen molar-refractivity contribution in [2.24, 2.45) is 0 Å². The first-order valence-electron chi connectivity index (χ1n) is 6.47. The van der Waals surface area contributed by atoms with E-state index < -0.39 is 11.7 Å². The Morgan fingerprint density at radius 1 is 1.25 bits per heavy atom. The molecule has 2 heterocycles. The molecule has 0 fully saturated rings. The lowest BCUT2D eigenvalue weighted by molar-refractivity contribution is -0.136. The quantitative estimate of drug-likeness (QED) is 0.846. The van der Waals surface area contributed by atoms with Gasteiger partial charge in [0.2, 0.25) is 0 Å². The Bertz CT molecular complexity index is 669. The van der Waals surface area contributed by atoms with E-state index in [1.807, 2.05) is 6.08 Å². The van der Waals surface area contributed by atoms with Gasteiger partial charge in [0.15, 0.2) is 0 Å². The van der Waals surface area contributed by atoms with Crippen molar-refractivity contribution in [3.05, 3.63) is 41.7 Å². The van der Waals surface area contributed by atoms with Gasteiger partial charge in [-0.1, -0.05) is 12.1 Å². The van der Waals surface area contributed by atoms with Crippen molar-refractivity contribution in [3.63, 3.8) is 0 Å². The second-order valence-corrected chi connectivity index (χ2v) is 5.06. The van der Waals surface area contributed by atoms with Gasteiger partial charge in [-0.2, -0.15) is 13.2 Å². The summed E-state index contributed by atoms with van der Waals surface area (Å²) in [5.41, 5.74) is 1.46. The average Bonchev–Trinajstić information content (AvgIpc) is 2.85. The number of hydrogen-bond acceptors (Lipinski definition) is 2. The molecule has 0 aliphatic carbocycles. The van der Waals surface area contributed by atoms with E-state index in [9.17, 15) is 13.2 Å². The van der Waals surface area contributed by atoms with Gasteiger partial charge in [-0.05, 0) is 31.1 Å². The number of nitrogens with one attached hydrogen (secondary N) is 1. The molecule has 1 aromatic heterocycles. The van der Waals surface area contributed by atoms with Crippen molar-refractivity contribution in [2.45, 2.75) is 25.6 Å². The first kappa shape index (κ1) is 13.2. The van der Waals surface area contributed by atoms with Crippen LogP contribution in [0.15, 0.2) is 35.0 Å². The minimum Gasteiger partial charge on any atom is -0.464 e. The van der Waals surface area contributed by atoms with E-state index in [4.69, 9.17) is 4.42 Å². The summed E-state index contributed by atoms with van der Waals surface area (Å²) in [4.78, 5) is 0. The molecule has 0 amide bonds. The molecule has 0 saturated heterocycles. The molecule has 0 spiro atoms. The van der Waals surface area contributed by atoms with Crippen molar-refractivity contribution in [3.8, 4) is 0 Å². The van der Waals surface area contributed by atoms with Gasteiger partial charge in [0.05, 0.1) is 11.8 Å². The fourth-order valence-electron chi connectivity index (χ4n) is 2.65. The molecule has 1 atom stereocenters. The smallest absolute Gasteiger partial charge is 0.417 e. The molecular weight excluding hydrogens is 267 g/mol. The normalized spacial score (nSPS) is 20.2. The lowest BCUT2D eigenvalue weighted by Crippen LogP contribution is -2.29. The molecule has 0 saturated carbocycles. The second-order valence-electron chi connectivity index (χ2n) is 5.06. The molecule has 1 aliphatic rings. The first-order chi connectivity index (χ1) is 9.47. The Hall–Kier alpha value is -1.75. The molecule has 3 rings (SSSR count). The number of halogens is 3. The predicted octanol–water partition coefficient (Wildman–Crippen LogP) is 4.22. The maximum absolute atomic E-state index is 13.0. The van der Waals surface area contributed by atoms with Crippen LogP contribution in [0.2, 0.25) is 0 Å². The van der Waals surface area contributed by atoms with Crippen LogP contribution < -0.4 is 5.32 Å². The van der Waals surface area contributed by atoms with Crippen LogP contribution in [0.25, 0.3) is 16.5 Å². The maximum atomic E-state index is 13.0. The lowest BCUT2D eigenvalue weighted by atomic mass is 9.93. The van der Waals surface area contributed by atoms with Crippen LogP contribution in [0.1, 0.15) is 24.5 Å². The van der Waals surface area contributed by atoms with Crippen molar-refractivity contribution >= 4 is 16.5 Å². The topological polar surface area (TPSA) is 25.2 Å². The summed E-state index contributed by atoms with van der Waals surface area (Å²) in [6.07, 6.45) is -0.267. The van der Waals surface area contributed by atoms with Gasteiger partial charge in [-0.15, -0.1) is 0 Å². The van der Waals surface area contributed by atoms with E-state index in [2.05, 4.69) is 12.2 Å². The van der Waals surface area contributed by atoms with Crippen molar-refractivity contribution < 1.29 is 17.6 Å². The van der Waals surface area contributed by atoms with Crippen molar-refractivity contribution in [1.82, 2.24) is 5.32 Å². The van der Waals surface area contributed by atoms with Gasteiger partial charge in [0, 0.05) is 23.5 Å². The molecule has 2 aromatic rings. The maximum Gasteiger partial charge on any atom is 0.417 e. The minimum atomic E-state index is -4.36. The van der Waals surface area contributed by atoms with Crippen LogP contribution in [0.3, 0.4) is 0 Å². The third-order valence-corrected chi connectivity index (χ3v) is 3.61. The largest absolute Gasteiger partial charge is 0.464 e. The standard InChI is InChI=1S/C15H14F3NO/c1-9-8-10(4-6-19-9)11-2-3-13(15(16,17)18)12-5-7-20-14(11)12/h2-5,7,9,19H,6,8H2,1H3. The van der Waals surface area contributed by atoms with Crippen LogP contribution in [0, 0.1) is 0 Å². The summed E-state index contributed by atoms with van der Waals surface area (Å²) in [7, 11) is 0. The van der Waals surface area contributed by atoms with E-state index in [-0.39, 0.29) is 5.39 Å². The predicted molar refractivity (Wildman–Crippen MR) is 71.3 cm³/mol. The van der Waals surface area contributed by atoms with E-state index in [0.29, 0.717) is 11.6 Å². The zero-order valence-corrected chi connectivity index (χ0v) is 10.9. The van der Waals surface area contributed by atoms with Gasteiger partial charge < -0.3 is 9.73 Å². The van der Waals surface area contributed by atoms with Crippen LogP contribution in [0.4, 0.5) is 13.2 Å². The Kier molecular flexibility index (Phi) is 3.09. The fourth-order valence-corrected chi connectivity index (χ4v) is 2.65. The van der Waals surface area contributed by atoms with E-state index >= 15 is 0 Å².